The molecule has 2 aromatic carbocycles. The molecule has 0 aliphatic heterocycles. The molecule has 4 aromatic rings. The van der Waals surface area contributed by atoms with Crippen LogP contribution in [0.1, 0.15) is 35.1 Å². The van der Waals surface area contributed by atoms with Crippen LogP contribution in [-0.4, -0.2) is 19.7 Å². The molecule has 2 aromatic heterocycles. The predicted octanol–water partition coefficient (Wildman–Crippen LogP) is 6.22. The van der Waals surface area contributed by atoms with E-state index in [1.165, 1.54) is 16.7 Å². The lowest BCUT2D eigenvalue weighted by Crippen LogP contribution is -2.07. The zero-order valence-corrected chi connectivity index (χ0v) is 19.9. The van der Waals surface area contributed by atoms with Crippen molar-refractivity contribution < 1.29 is 4.74 Å². The van der Waals surface area contributed by atoms with Crippen molar-refractivity contribution in [2.24, 2.45) is 0 Å². The SMILES string of the molecule is CCn1c(COc2cc(C)cc(C)c2)nnc1SCc1csc(-c2ccc(C)cc2)n1. The van der Waals surface area contributed by atoms with Crippen LogP contribution in [0.4, 0.5) is 0 Å². The Balaban J connectivity index is 1.40. The van der Waals surface area contributed by atoms with Gasteiger partial charge >= 0.3 is 0 Å². The quantitative estimate of drug-likeness (QED) is 0.298. The monoisotopic (exact) mass is 450 g/mol. The second-order valence-electron chi connectivity index (χ2n) is 7.55. The highest BCUT2D eigenvalue weighted by Crippen LogP contribution is 2.28. The maximum absolute atomic E-state index is 5.99. The van der Waals surface area contributed by atoms with Gasteiger partial charge in [0.05, 0.1) is 5.69 Å². The lowest BCUT2D eigenvalue weighted by Gasteiger charge is -2.10. The van der Waals surface area contributed by atoms with E-state index in [1.807, 2.05) is 12.1 Å². The smallest absolute Gasteiger partial charge is 0.191 e. The number of nitrogens with zero attached hydrogens (tertiary/aromatic N) is 4. The van der Waals surface area contributed by atoms with Gasteiger partial charge in [0.1, 0.15) is 17.4 Å². The van der Waals surface area contributed by atoms with Crippen molar-refractivity contribution in [3.8, 4) is 16.3 Å². The first-order chi connectivity index (χ1) is 15.0. The van der Waals surface area contributed by atoms with Gasteiger partial charge in [-0.05, 0) is 51.0 Å². The third-order valence-electron chi connectivity index (χ3n) is 4.87. The van der Waals surface area contributed by atoms with Crippen LogP contribution in [0.15, 0.2) is 53.0 Å². The van der Waals surface area contributed by atoms with E-state index in [0.29, 0.717) is 6.61 Å². The molecule has 7 heteroatoms. The Morgan fingerprint density at radius 2 is 1.71 bits per heavy atom. The van der Waals surface area contributed by atoms with Crippen LogP contribution >= 0.6 is 23.1 Å². The predicted molar refractivity (Wildman–Crippen MR) is 128 cm³/mol. The molecule has 0 radical (unpaired) electrons. The first kappa shape index (κ1) is 21.6. The van der Waals surface area contributed by atoms with Gasteiger partial charge in [0.2, 0.25) is 0 Å². The fraction of sp³-hybridized carbons (Fsp3) is 0.292. The molecule has 0 aliphatic rings. The Morgan fingerprint density at radius 3 is 2.42 bits per heavy atom. The van der Waals surface area contributed by atoms with Gasteiger partial charge in [0, 0.05) is 23.2 Å². The Hall–Kier alpha value is -2.64. The third-order valence-corrected chi connectivity index (χ3v) is 6.81. The van der Waals surface area contributed by atoms with Crippen molar-refractivity contribution in [3.63, 3.8) is 0 Å². The van der Waals surface area contributed by atoms with Crippen LogP contribution < -0.4 is 4.74 Å². The van der Waals surface area contributed by atoms with E-state index in [-0.39, 0.29) is 0 Å². The number of aromatic nitrogens is 4. The zero-order chi connectivity index (χ0) is 21.8. The van der Waals surface area contributed by atoms with E-state index in [2.05, 4.69) is 78.2 Å². The molecule has 0 aliphatic carbocycles. The summed E-state index contributed by atoms with van der Waals surface area (Å²) >= 11 is 3.34. The summed E-state index contributed by atoms with van der Waals surface area (Å²) in [5.41, 5.74) is 5.86. The Bertz CT molecular complexity index is 1140. The van der Waals surface area contributed by atoms with Gasteiger partial charge < -0.3 is 9.30 Å². The summed E-state index contributed by atoms with van der Waals surface area (Å²) in [6, 6.07) is 14.7. The largest absolute Gasteiger partial charge is 0.486 e. The van der Waals surface area contributed by atoms with Crippen molar-refractivity contribution in [3.05, 3.63) is 76.1 Å². The molecule has 2 heterocycles. The van der Waals surface area contributed by atoms with Crippen LogP contribution in [0, 0.1) is 20.8 Å². The van der Waals surface area contributed by atoms with E-state index in [0.717, 1.165) is 45.3 Å². The highest BCUT2D eigenvalue weighted by Gasteiger charge is 2.13. The van der Waals surface area contributed by atoms with Gasteiger partial charge in [0.25, 0.3) is 0 Å². The highest BCUT2D eigenvalue weighted by atomic mass is 32.2. The Morgan fingerprint density at radius 1 is 0.968 bits per heavy atom. The normalized spacial score (nSPS) is 11.1. The molecule has 31 heavy (non-hydrogen) atoms. The second-order valence-corrected chi connectivity index (χ2v) is 9.35. The van der Waals surface area contributed by atoms with Crippen LogP contribution in [-0.2, 0) is 18.9 Å². The fourth-order valence-corrected chi connectivity index (χ4v) is 5.20. The molecule has 0 N–H and O–H groups in total. The molecule has 5 nitrogen and oxygen atoms in total. The van der Waals surface area contributed by atoms with Gasteiger partial charge in [0.15, 0.2) is 11.0 Å². The summed E-state index contributed by atoms with van der Waals surface area (Å²) in [5, 5.41) is 12.8. The lowest BCUT2D eigenvalue weighted by molar-refractivity contribution is 0.288. The van der Waals surface area contributed by atoms with Crippen LogP contribution in [0.25, 0.3) is 10.6 Å². The first-order valence-corrected chi connectivity index (χ1v) is 12.2. The summed E-state index contributed by atoms with van der Waals surface area (Å²) in [6.45, 7) is 9.55. The minimum atomic E-state index is 0.401. The van der Waals surface area contributed by atoms with Gasteiger partial charge in [-0.1, -0.05) is 47.7 Å². The van der Waals surface area contributed by atoms with Crippen molar-refractivity contribution in [2.75, 3.05) is 0 Å². The van der Waals surface area contributed by atoms with Gasteiger partial charge in [-0.15, -0.1) is 21.5 Å². The molecule has 0 spiro atoms. The van der Waals surface area contributed by atoms with E-state index in [1.54, 1.807) is 23.1 Å². The molecule has 0 fully saturated rings. The molecule has 160 valence electrons. The van der Waals surface area contributed by atoms with E-state index >= 15 is 0 Å². The number of benzene rings is 2. The average Bonchev–Trinajstić information content (AvgIpc) is 3.37. The molecular weight excluding hydrogens is 424 g/mol. The number of thiazole rings is 1. The number of aryl methyl sites for hydroxylation is 3. The van der Waals surface area contributed by atoms with Crippen molar-refractivity contribution >= 4 is 23.1 Å². The highest BCUT2D eigenvalue weighted by molar-refractivity contribution is 7.98. The van der Waals surface area contributed by atoms with Crippen LogP contribution in [0.5, 0.6) is 5.75 Å². The molecular formula is C24H26N4OS2. The minimum absolute atomic E-state index is 0.401. The molecule has 0 amide bonds. The van der Waals surface area contributed by atoms with E-state index in [9.17, 15) is 0 Å². The number of hydrogen-bond acceptors (Lipinski definition) is 6. The number of rotatable bonds is 8. The number of hydrogen-bond donors (Lipinski definition) is 0. The first-order valence-electron chi connectivity index (χ1n) is 10.3. The molecule has 0 saturated carbocycles. The molecule has 0 saturated heterocycles. The maximum atomic E-state index is 5.99. The standard InChI is InChI=1S/C24H26N4OS2/c1-5-28-22(13-29-21-11-17(3)10-18(4)12-21)26-27-24(28)31-15-20-14-30-23(25-20)19-8-6-16(2)7-9-19/h6-12,14H,5,13,15H2,1-4H3. The summed E-state index contributed by atoms with van der Waals surface area (Å²) in [7, 11) is 0. The van der Waals surface area contributed by atoms with Crippen LogP contribution in [0.2, 0.25) is 0 Å². The molecule has 0 unspecified atom stereocenters. The topological polar surface area (TPSA) is 52.8 Å². The van der Waals surface area contributed by atoms with Gasteiger partial charge in [-0.2, -0.15) is 0 Å². The molecule has 0 atom stereocenters. The Kier molecular flexibility index (Phi) is 6.73. The zero-order valence-electron chi connectivity index (χ0n) is 18.3. The lowest BCUT2D eigenvalue weighted by atomic mass is 10.1. The van der Waals surface area contributed by atoms with Crippen LogP contribution in [0.3, 0.4) is 0 Å². The summed E-state index contributed by atoms with van der Waals surface area (Å²) in [4.78, 5) is 4.80. The third kappa shape index (κ3) is 5.35. The van der Waals surface area contributed by atoms with Crippen molar-refractivity contribution in [1.82, 2.24) is 19.7 Å². The minimum Gasteiger partial charge on any atom is -0.486 e. The van der Waals surface area contributed by atoms with Gasteiger partial charge in [-0.3, -0.25) is 0 Å². The molecule has 4 rings (SSSR count). The fourth-order valence-electron chi connectivity index (χ4n) is 3.35. The Labute approximate surface area is 191 Å². The number of ether oxygens (including phenoxy) is 1. The maximum Gasteiger partial charge on any atom is 0.191 e. The van der Waals surface area contributed by atoms with Gasteiger partial charge in [-0.25, -0.2) is 4.98 Å². The van der Waals surface area contributed by atoms with E-state index in [4.69, 9.17) is 9.72 Å². The average molecular weight is 451 g/mol. The summed E-state index contributed by atoms with van der Waals surface area (Å²) < 4.78 is 8.10. The second kappa shape index (κ2) is 9.66. The number of thioether (sulfide) groups is 1. The van der Waals surface area contributed by atoms with Crippen molar-refractivity contribution in [2.45, 2.75) is 51.8 Å². The van der Waals surface area contributed by atoms with E-state index < -0.39 is 0 Å². The molecule has 0 bridgehead atoms. The summed E-state index contributed by atoms with van der Waals surface area (Å²) in [6.07, 6.45) is 0. The van der Waals surface area contributed by atoms with Crippen molar-refractivity contribution in [1.29, 1.82) is 0 Å². The summed E-state index contributed by atoms with van der Waals surface area (Å²) in [5.74, 6) is 2.46.